The first-order chi connectivity index (χ1) is 13.3. The minimum Gasteiger partial charge on any atom is -0.497 e. The topological polar surface area (TPSA) is 91.7 Å². The van der Waals surface area contributed by atoms with Crippen LogP contribution in [0.3, 0.4) is 0 Å². The highest BCUT2D eigenvalue weighted by Gasteiger charge is 2.19. The molecule has 150 valence electrons. The van der Waals surface area contributed by atoms with Crippen molar-refractivity contribution in [3.63, 3.8) is 0 Å². The lowest BCUT2D eigenvalue weighted by molar-refractivity contribution is -0.148. The fourth-order valence-electron chi connectivity index (χ4n) is 2.43. The maximum Gasteiger partial charge on any atom is 0.331 e. The van der Waals surface area contributed by atoms with Gasteiger partial charge in [0.15, 0.2) is 6.10 Å². The molecular formula is C20H25N3O5. The summed E-state index contributed by atoms with van der Waals surface area (Å²) in [6.45, 7) is 5.40. The van der Waals surface area contributed by atoms with Gasteiger partial charge in [0, 0.05) is 29.8 Å². The van der Waals surface area contributed by atoms with Crippen LogP contribution in [0.15, 0.2) is 36.5 Å². The second-order valence-corrected chi connectivity index (χ2v) is 6.26. The number of amides is 1. The van der Waals surface area contributed by atoms with Crippen LogP contribution in [0.25, 0.3) is 6.08 Å². The zero-order chi connectivity index (χ0) is 20.7. The Morgan fingerprint density at radius 2 is 1.89 bits per heavy atom. The molecule has 1 aromatic carbocycles. The molecule has 1 N–H and O–H groups in total. The number of nitrogens with zero attached hydrogens (tertiary/aromatic N) is 2. The van der Waals surface area contributed by atoms with Crippen LogP contribution in [0.2, 0.25) is 0 Å². The summed E-state index contributed by atoms with van der Waals surface area (Å²) in [6.07, 6.45) is 3.42. The molecule has 0 radical (unpaired) electrons. The Morgan fingerprint density at radius 3 is 2.54 bits per heavy atom. The van der Waals surface area contributed by atoms with Gasteiger partial charge >= 0.3 is 5.97 Å². The normalized spacial score (nSPS) is 12.1. The number of esters is 1. The minimum atomic E-state index is -0.967. The Kier molecular flexibility index (Phi) is 7.20. The van der Waals surface area contributed by atoms with Gasteiger partial charge in [0.25, 0.3) is 5.91 Å². The monoisotopic (exact) mass is 387 g/mol. The number of carbonyl (C=O) groups excluding carboxylic acids is 2. The van der Waals surface area contributed by atoms with E-state index in [2.05, 4.69) is 10.4 Å². The summed E-state index contributed by atoms with van der Waals surface area (Å²) >= 11 is 0. The van der Waals surface area contributed by atoms with Gasteiger partial charge < -0.3 is 19.5 Å². The molecule has 0 bridgehead atoms. The summed E-state index contributed by atoms with van der Waals surface area (Å²) in [5, 5.41) is 6.85. The number of benzene rings is 1. The second kappa shape index (κ2) is 9.59. The van der Waals surface area contributed by atoms with Crippen LogP contribution in [0, 0.1) is 0 Å². The third kappa shape index (κ3) is 5.35. The van der Waals surface area contributed by atoms with Crippen molar-refractivity contribution in [2.24, 2.45) is 0 Å². The summed E-state index contributed by atoms with van der Waals surface area (Å²) in [6, 6.07) is 6.98. The molecular weight excluding hydrogens is 362 g/mol. The van der Waals surface area contributed by atoms with Gasteiger partial charge in [-0.2, -0.15) is 5.10 Å². The van der Waals surface area contributed by atoms with E-state index >= 15 is 0 Å². The summed E-state index contributed by atoms with van der Waals surface area (Å²) in [5.41, 5.74) is 0.679. The molecule has 0 aliphatic rings. The lowest BCUT2D eigenvalue weighted by atomic mass is 10.1. The molecule has 1 aromatic heterocycles. The van der Waals surface area contributed by atoms with E-state index in [4.69, 9.17) is 14.2 Å². The first kappa shape index (κ1) is 21.0. The zero-order valence-electron chi connectivity index (χ0n) is 16.6. The van der Waals surface area contributed by atoms with Gasteiger partial charge in [-0.05, 0) is 39.0 Å². The van der Waals surface area contributed by atoms with Gasteiger partial charge in [0.1, 0.15) is 17.3 Å². The standard InChI is InChI=1S/C20H25N3O5/c1-13(2)23-18(10-11-21-23)22-20(25)14(3)28-19(24)9-7-15-6-8-16(26-4)12-17(15)27-5/h6-14H,1-5H3,(H,22,25)/b9-7+/t14-/m0/s1. The van der Waals surface area contributed by atoms with Gasteiger partial charge in [-0.15, -0.1) is 0 Å². The molecule has 0 unspecified atom stereocenters. The molecule has 0 spiro atoms. The number of ether oxygens (including phenoxy) is 3. The van der Waals surface area contributed by atoms with Crippen molar-refractivity contribution in [3.05, 3.63) is 42.1 Å². The minimum absolute atomic E-state index is 0.0885. The van der Waals surface area contributed by atoms with Crippen molar-refractivity contribution in [2.75, 3.05) is 19.5 Å². The molecule has 2 aromatic rings. The number of aromatic nitrogens is 2. The number of nitrogens with one attached hydrogen (secondary N) is 1. The van der Waals surface area contributed by atoms with E-state index in [1.165, 1.54) is 20.1 Å². The fourth-order valence-corrected chi connectivity index (χ4v) is 2.43. The molecule has 2 rings (SSSR count). The van der Waals surface area contributed by atoms with Crippen LogP contribution < -0.4 is 14.8 Å². The summed E-state index contributed by atoms with van der Waals surface area (Å²) in [4.78, 5) is 24.3. The van der Waals surface area contributed by atoms with Crippen molar-refractivity contribution < 1.29 is 23.8 Å². The van der Waals surface area contributed by atoms with E-state index in [0.29, 0.717) is 22.9 Å². The van der Waals surface area contributed by atoms with Gasteiger partial charge in [-0.25, -0.2) is 9.48 Å². The van der Waals surface area contributed by atoms with Crippen LogP contribution in [0.1, 0.15) is 32.4 Å². The lowest BCUT2D eigenvalue weighted by Crippen LogP contribution is -2.30. The number of hydrogen-bond acceptors (Lipinski definition) is 6. The van der Waals surface area contributed by atoms with E-state index < -0.39 is 18.0 Å². The van der Waals surface area contributed by atoms with Crippen LogP contribution in [0.4, 0.5) is 5.82 Å². The van der Waals surface area contributed by atoms with Gasteiger partial charge in [-0.3, -0.25) is 4.79 Å². The highest BCUT2D eigenvalue weighted by atomic mass is 16.5. The second-order valence-electron chi connectivity index (χ2n) is 6.26. The predicted octanol–water partition coefficient (Wildman–Crippen LogP) is 3.06. The van der Waals surface area contributed by atoms with Crippen LogP contribution in [-0.2, 0) is 14.3 Å². The molecule has 28 heavy (non-hydrogen) atoms. The predicted molar refractivity (Wildman–Crippen MR) is 105 cm³/mol. The van der Waals surface area contributed by atoms with Crippen molar-refractivity contribution >= 4 is 23.8 Å². The Labute approximate surface area is 164 Å². The van der Waals surface area contributed by atoms with E-state index in [9.17, 15) is 9.59 Å². The van der Waals surface area contributed by atoms with Gasteiger partial charge in [0.05, 0.1) is 20.4 Å². The molecule has 0 aliphatic heterocycles. The van der Waals surface area contributed by atoms with Gasteiger partial charge in [-0.1, -0.05) is 0 Å². The molecule has 8 heteroatoms. The molecule has 0 aliphatic carbocycles. The zero-order valence-corrected chi connectivity index (χ0v) is 16.6. The molecule has 1 atom stereocenters. The van der Waals surface area contributed by atoms with E-state index in [-0.39, 0.29) is 6.04 Å². The summed E-state index contributed by atoms with van der Waals surface area (Å²) in [5.74, 6) is 0.657. The highest BCUT2D eigenvalue weighted by molar-refractivity contribution is 5.96. The lowest BCUT2D eigenvalue weighted by Gasteiger charge is -2.15. The van der Waals surface area contributed by atoms with E-state index in [0.717, 1.165) is 0 Å². The number of methoxy groups -OCH3 is 2. The van der Waals surface area contributed by atoms with Crippen LogP contribution in [-0.4, -0.2) is 42.0 Å². The van der Waals surface area contributed by atoms with Crippen molar-refractivity contribution in [2.45, 2.75) is 32.9 Å². The molecule has 1 amide bonds. The molecule has 0 saturated heterocycles. The molecule has 0 saturated carbocycles. The van der Waals surface area contributed by atoms with E-state index in [1.807, 2.05) is 13.8 Å². The molecule has 1 heterocycles. The SMILES string of the molecule is COc1ccc(/C=C/C(=O)O[C@@H](C)C(=O)Nc2ccnn2C(C)C)c(OC)c1. The van der Waals surface area contributed by atoms with Crippen molar-refractivity contribution in [1.29, 1.82) is 0 Å². The third-order valence-electron chi connectivity index (χ3n) is 3.91. The van der Waals surface area contributed by atoms with E-state index in [1.54, 1.807) is 48.3 Å². The number of carbonyl (C=O) groups is 2. The third-order valence-corrected chi connectivity index (χ3v) is 3.91. The summed E-state index contributed by atoms with van der Waals surface area (Å²) in [7, 11) is 3.08. The van der Waals surface area contributed by atoms with Crippen LogP contribution in [0.5, 0.6) is 11.5 Å². The Hall–Kier alpha value is -3.29. The Bertz CT molecular complexity index is 857. The Morgan fingerprint density at radius 1 is 1.14 bits per heavy atom. The van der Waals surface area contributed by atoms with Gasteiger partial charge in [0.2, 0.25) is 0 Å². The Balaban J connectivity index is 1.97. The number of rotatable bonds is 8. The average Bonchev–Trinajstić information content (AvgIpc) is 3.14. The van der Waals surface area contributed by atoms with Crippen molar-refractivity contribution in [1.82, 2.24) is 9.78 Å². The number of anilines is 1. The molecule has 8 nitrogen and oxygen atoms in total. The van der Waals surface area contributed by atoms with Crippen LogP contribution >= 0.6 is 0 Å². The summed E-state index contributed by atoms with van der Waals surface area (Å²) < 4.78 is 17.2. The maximum atomic E-state index is 12.3. The first-order valence-electron chi connectivity index (χ1n) is 8.80. The maximum absolute atomic E-state index is 12.3. The number of hydrogen-bond donors (Lipinski definition) is 1. The largest absolute Gasteiger partial charge is 0.497 e. The first-order valence-corrected chi connectivity index (χ1v) is 8.80. The van der Waals surface area contributed by atoms with Crippen molar-refractivity contribution in [3.8, 4) is 11.5 Å². The fraction of sp³-hybridized carbons (Fsp3) is 0.350. The quantitative estimate of drug-likeness (QED) is 0.553. The molecule has 0 fully saturated rings. The average molecular weight is 387 g/mol. The highest BCUT2D eigenvalue weighted by Crippen LogP contribution is 2.25. The smallest absolute Gasteiger partial charge is 0.331 e.